The maximum absolute atomic E-state index is 12.3. The van der Waals surface area contributed by atoms with E-state index in [-0.39, 0.29) is 30.9 Å². The van der Waals surface area contributed by atoms with Crippen molar-refractivity contribution in [2.24, 2.45) is 5.92 Å². The highest BCUT2D eigenvalue weighted by Crippen LogP contribution is 2.33. The number of halogens is 3. The minimum atomic E-state index is -0.821. The molecule has 1 aromatic rings. The second-order valence-corrected chi connectivity index (χ2v) is 7.44. The maximum Gasteiger partial charge on any atom is 0.237 e. The van der Waals surface area contributed by atoms with Crippen molar-refractivity contribution >= 4 is 41.5 Å². The van der Waals surface area contributed by atoms with Crippen molar-refractivity contribution in [1.29, 1.82) is 0 Å². The molecule has 1 amide bonds. The van der Waals surface area contributed by atoms with Gasteiger partial charge in [-0.15, -0.1) is 12.4 Å². The molecule has 1 heterocycles. The lowest BCUT2D eigenvalue weighted by atomic mass is 9.85. The number of carbonyl (C=O) groups excluding carboxylic acids is 1. The highest BCUT2D eigenvalue weighted by atomic mass is 35.5. The molecule has 2 aliphatic rings. The van der Waals surface area contributed by atoms with Gasteiger partial charge in [-0.25, -0.2) is 0 Å². The third-order valence-electron chi connectivity index (χ3n) is 4.92. The van der Waals surface area contributed by atoms with E-state index in [1.54, 1.807) is 18.2 Å². The predicted molar refractivity (Wildman–Crippen MR) is 99.0 cm³/mol. The van der Waals surface area contributed by atoms with Gasteiger partial charge < -0.3 is 15.7 Å². The molecule has 3 rings (SSSR count). The molecule has 4 nitrogen and oxygen atoms in total. The normalized spacial score (nSPS) is 27.0. The standard InChI is InChI=1S/C17H22Cl2N2O2.ClH/c18-12-5-11(6-13(19)8-12)16(22)9-20-17(23)15-7-10-3-1-2-4-14(10)21-15;/h5-6,8,10,14-16,21-22H,1-4,7,9H2,(H,20,23);1H. The molecule has 1 saturated heterocycles. The number of aliphatic hydroxyl groups is 1. The Balaban J connectivity index is 0.00000208. The number of nitrogens with one attached hydrogen (secondary N) is 2. The Morgan fingerprint density at radius 2 is 1.92 bits per heavy atom. The summed E-state index contributed by atoms with van der Waals surface area (Å²) in [7, 11) is 0. The summed E-state index contributed by atoms with van der Waals surface area (Å²) in [6.45, 7) is 0.156. The smallest absolute Gasteiger partial charge is 0.237 e. The maximum atomic E-state index is 12.3. The van der Waals surface area contributed by atoms with Gasteiger partial charge in [0.05, 0.1) is 12.1 Å². The highest BCUT2D eigenvalue weighted by Gasteiger charge is 2.38. The molecule has 134 valence electrons. The van der Waals surface area contributed by atoms with Crippen LogP contribution < -0.4 is 10.6 Å². The fraction of sp³-hybridized carbons (Fsp3) is 0.588. The van der Waals surface area contributed by atoms with E-state index in [4.69, 9.17) is 23.2 Å². The van der Waals surface area contributed by atoms with E-state index in [0.29, 0.717) is 27.6 Å². The Morgan fingerprint density at radius 3 is 2.58 bits per heavy atom. The van der Waals surface area contributed by atoms with Gasteiger partial charge in [0.25, 0.3) is 0 Å². The summed E-state index contributed by atoms with van der Waals surface area (Å²) in [4.78, 5) is 12.3. The van der Waals surface area contributed by atoms with Crippen molar-refractivity contribution in [1.82, 2.24) is 10.6 Å². The first-order valence-corrected chi connectivity index (χ1v) is 8.96. The van der Waals surface area contributed by atoms with Crippen LogP contribution in [-0.4, -0.2) is 29.6 Å². The van der Waals surface area contributed by atoms with E-state index >= 15 is 0 Å². The minimum Gasteiger partial charge on any atom is -0.387 e. The number of amides is 1. The molecule has 1 aliphatic carbocycles. The molecule has 1 saturated carbocycles. The molecule has 2 fully saturated rings. The van der Waals surface area contributed by atoms with Crippen molar-refractivity contribution in [3.8, 4) is 0 Å². The number of fused-ring (bicyclic) bond motifs is 1. The quantitative estimate of drug-likeness (QED) is 0.734. The number of carbonyl (C=O) groups is 1. The molecule has 1 aromatic carbocycles. The third-order valence-corrected chi connectivity index (χ3v) is 5.36. The van der Waals surface area contributed by atoms with Gasteiger partial charge >= 0.3 is 0 Å². The van der Waals surface area contributed by atoms with E-state index in [0.717, 1.165) is 12.8 Å². The first-order chi connectivity index (χ1) is 11.0. The van der Waals surface area contributed by atoms with Gasteiger partial charge in [-0.05, 0) is 48.9 Å². The number of aliphatic hydroxyl groups excluding tert-OH is 1. The van der Waals surface area contributed by atoms with Crippen molar-refractivity contribution in [3.05, 3.63) is 33.8 Å². The molecule has 1 aliphatic heterocycles. The van der Waals surface area contributed by atoms with Crippen LogP contribution in [0.5, 0.6) is 0 Å². The average molecular weight is 394 g/mol. The van der Waals surface area contributed by atoms with Crippen molar-refractivity contribution in [2.45, 2.75) is 50.3 Å². The van der Waals surface area contributed by atoms with Gasteiger partial charge in [0.2, 0.25) is 5.91 Å². The molecule has 0 bridgehead atoms. The highest BCUT2D eigenvalue weighted by molar-refractivity contribution is 6.34. The van der Waals surface area contributed by atoms with Crippen LogP contribution in [0.25, 0.3) is 0 Å². The lowest BCUT2D eigenvalue weighted by molar-refractivity contribution is -0.123. The van der Waals surface area contributed by atoms with Gasteiger partial charge in [0.15, 0.2) is 0 Å². The largest absolute Gasteiger partial charge is 0.387 e. The Hall–Kier alpha value is -0.520. The van der Waals surface area contributed by atoms with Gasteiger partial charge in [-0.3, -0.25) is 4.79 Å². The van der Waals surface area contributed by atoms with Crippen LogP contribution in [0.4, 0.5) is 0 Å². The summed E-state index contributed by atoms with van der Waals surface area (Å²) in [5.74, 6) is 0.586. The SMILES string of the molecule is Cl.O=C(NCC(O)c1cc(Cl)cc(Cl)c1)C1CC2CCCCC2N1. The molecular formula is C17H23Cl3N2O2. The Labute approximate surface area is 158 Å². The van der Waals surface area contributed by atoms with Crippen LogP contribution in [0, 0.1) is 5.92 Å². The van der Waals surface area contributed by atoms with E-state index in [9.17, 15) is 9.90 Å². The van der Waals surface area contributed by atoms with Crippen LogP contribution in [0.1, 0.15) is 43.8 Å². The van der Waals surface area contributed by atoms with Crippen molar-refractivity contribution in [2.75, 3.05) is 6.54 Å². The zero-order chi connectivity index (χ0) is 16.4. The van der Waals surface area contributed by atoms with Gasteiger partial charge in [-0.2, -0.15) is 0 Å². The van der Waals surface area contributed by atoms with Crippen LogP contribution in [0.15, 0.2) is 18.2 Å². The van der Waals surface area contributed by atoms with Gasteiger partial charge in [-0.1, -0.05) is 36.0 Å². The van der Waals surface area contributed by atoms with Gasteiger partial charge in [0, 0.05) is 22.6 Å². The molecule has 0 spiro atoms. The molecule has 24 heavy (non-hydrogen) atoms. The second-order valence-electron chi connectivity index (χ2n) is 6.57. The van der Waals surface area contributed by atoms with Crippen LogP contribution in [0.3, 0.4) is 0 Å². The molecule has 4 unspecified atom stereocenters. The number of hydrogen-bond acceptors (Lipinski definition) is 3. The summed E-state index contributed by atoms with van der Waals surface area (Å²) in [6.07, 6.45) is 4.97. The topological polar surface area (TPSA) is 61.4 Å². The summed E-state index contributed by atoms with van der Waals surface area (Å²) in [5, 5.41) is 17.4. The average Bonchev–Trinajstić information content (AvgIpc) is 2.95. The lowest BCUT2D eigenvalue weighted by Crippen LogP contribution is -2.44. The van der Waals surface area contributed by atoms with Crippen LogP contribution >= 0.6 is 35.6 Å². The van der Waals surface area contributed by atoms with E-state index in [1.165, 1.54) is 19.3 Å². The number of benzene rings is 1. The molecule has 0 radical (unpaired) electrons. The predicted octanol–water partition coefficient (Wildman–Crippen LogP) is 3.49. The first-order valence-electron chi connectivity index (χ1n) is 8.21. The molecule has 4 atom stereocenters. The summed E-state index contributed by atoms with van der Waals surface area (Å²) in [6, 6.07) is 5.27. The second kappa shape index (κ2) is 8.72. The third kappa shape index (κ3) is 4.77. The van der Waals surface area contributed by atoms with E-state index in [1.807, 2.05) is 0 Å². The van der Waals surface area contributed by atoms with Crippen molar-refractivity contribution in [3.63, 3.8) is 0 Å². The summed E-state index contributed by atoms with van der Waals surface area (Å²) in [5.41, 5.74) is 0.607. The van der Waals surface area contributed by atoms with Gasteiger partial charge in [0.1, 0.15) is 0 Å². The van der Waals surface area contributed by atoms with E-state index in [2.05, 4.69) is 10.6 Å². The summed E-state index contributed by atoms with van der Waals surface area (Å²) >= 11 is 11.9. The van der Waals surface area contributed by atoms with E-state index < -0.39 is 6.10 Å². The molecule has 0 aromatic heterocycles. The molecule has 3 N–H and O–H groups in total. The number of hydrogen-bond donors (Lipinski definition) is 3. The van der Waals surface area contributed by atoms with Crippen LogP contribution in [0.2, 0.25) is 10.0 Å². The minimum absolute atomic E-state index is 0. The molecular weight excluding hydrogens is 371 g/mol. The Bertz CT molecular complexity index is 551. The first kappa shape index (κ1) is 19.8. The van der Waals surface area contributed by atoms with Crippen molar-refractivity contribution < 1.29 is 9.90 Å². The fourth-order valence-corrected chi connectivity index (χ4v) is 4.27. The Morgan fingerprint density at radius 1 is 1.25 bits per heavy atom. The number of rotatable bonds is 4. The van der Waals surface area contributed by atoms with Crippen LogP contribution in [-0.2, 0) is 4.79 Å². The molecule has 7 heteroatoms. The lowest BCUT2D eigenvalue weighted by Gasteiger charge is -2.24. The fourth-order valence-electron chi connectivity index (χ4n) is 3.73. The Kier molecular flexibility index (Phi) is 7.20. The monoisotopic (exact) mass is 392 g/mol. The summed E-state index contributed by atoms with van der Waals surface area (Å²) < 4.78 is 0. The zero-order valence-corrected chi connectivity index (χ0v) is 15.6. The zero-order valence-electron chi connectivity index (χ0n) is 13.3.